The number of carboxylic acid groups (broad SMARTS) is 1. The summed E-state index contributed by atoms with van der Waals surface area (Å²) in [6.07, 6.45) is 7.86. The third-order valence-electron chi connectivity index (χ3n) is 9.29. The van der Waals surface area contributed by atoms with Crippen LogP contribution in [0, 0.1) is 17.8 Å². The van der Waals surface area contributed by atoms with Gasteiger partial charge in [-0.15, -0.1) is 0 Å². The van der Waals surface area contributed by atoms with E-state index in [2.05, 4.69) is 26.0 Å². The average molecular weight is 676 g/mol. The van der Waals surface area contributed by atoms with Crippen molar-refractivity contribution >= 4 is 38.6 Å². The second kappa shape index (κ2) is 17.6. The Hall–Kier alpha value is -3.46. The molecule has 0 aromatic heterocycles. The molecule has 1 unspecified atom stereocenters. The summed E-state index contributed by atoms with van der Waals surface area (Å²) in [7, 11) is -1.46. The predicted molar refractivity (Wildman–Crippen MR) is 178 cm³/mol. The maximum absolute atomic E-state index is 13.4. The highest BCUT2D eigenvalue weighted by Gasteiger charge is 2.28. The van der Waals surface area contributed by atoms with Crippen LogP contribution in [0.4, 0.5) is 0 Å². The minimum atomic E-state index is -4.35. The number of fused-ring (bicyclic) bond motifs is 1. The van der Waals surface area contributed by atoms with Gasteiger partial charge >= 0.3 is 5.97 Å². The molecule has 0 bridgehead atoms. The normalized spacial score (nSPS) is 16.9. The van der Waals surface area contributed by atoms with Crippen molar-refractivity contribution in [1.29, 1.82) is 0 Å². The molecule has 14 heteroatoms. The van der Waals surface area contributed by atoms with E-state index in [0.29, 0.717) is 34.1 Å². The van der Waals surface area contributed by atoms with Gasteiger partial charge in [0, 0.05) is 17.8 Å². The quantitative estimate of drug-likeness (QED) is 0.145. The van der Waals surface area contributed by atoms with Crippen LogP contribution in [0.5, 0.6) is 11.5 Å². The van der Waals surface area contributed by atoms with E-state index in [1.54, 1.807) is 12.1 Å². The van der Waals surface area contributed by atoms with Gasteiger partial charge in [0.2, 0.25) is 21.8 Å². The first kappa shape index (κ1) is 36.4. The molecule has 2 aromatic rings. The number of benzene rings is 2. The monoisotopic (exact) mass is 675 g/mol. The lowest BCUT2D eigenvalue weighted by Crippen LogP contribution is -2.50. The Kier molecular flexibility index (Phi) is 13.6. The van der Waals surface area contributed by atoms with E-state index in [9.17, 15) is 27.9 Å². The number of amides is 2. The van der Waals surface area contributed by atoms with Gasteiger partial charge < -0.3 is 35.8 Å². The topological polar surface area (TPSA) is 184 Å². The maximum Gasteiger partial charge on any atom is 0.323 e. The number of rotatable bonds is 17. The predicted octanol–water partition coefficient (Wildman–Crippen LogP) is 2.00. The summed E-state index contributed by atoms with van der Waals surface area (Å²) in [6.45, 7) is 3.14. The maximum atomic E-state index is 13.4. The Labute approximate surface area is 277 Å². The highest BCUT2D eigenvalue weighted by atomic mass is 32.2. The third-order valence-corrected chi connectivity index (χ3v) is 10.8. The molecule has 0 aliphatic carbocycles. The zero-order valence-electron chi connectivity index (χ0n) is 27.3. The zero-order chi connectivity index (χ0) is 33.8. The van der Waals surface area contributed by atoms with E-state index in [1.807, 2.05) is 0 Å². The van der Waals surface area contributed by atoms with Crippen LogP contribution in [-0.2, 0) is 24.4 Å². The Morgan fingerprint density at radius 2 is 1.47 bits per heavy atom. The number of ether oxygens (including phenoxy) is 2. The molecule has 2 saturated heterocycles. The van der Waals surface area contributed by atoms with Gasteiger partial charge in [-0.05, 0) is 113 Å². The smallest absolute Gasteiger partial charge is 0.323 e. The molecule has 13 nitrogen and oxygen atoms in total. The molecule has 2 heterocycles. The van der Waals surface area contributed by atoms with Gasteiger partial charge in [0.05, 0.1) is 25.7 Å². The van der Waals surface area contributed by atoms with Crippen LogP contribution in [0.25, 0.3) is 10.8 Å². The molecule has 2 fully saturated rings. The van der Waals surface area contributed by atoms with Crippen LogP contribution in [-0.4, -0.2) is 90.8 Å². The fraction of sp³-hybridized carbons (Fsp3) is 0.606. The molecule has 47 heavy (non-hydrogen) atoms. The second-order valence-corrected chi connectivity index (χ2v) is 14.1. The van der Waals surface area contributed by atoms with Gasteiger partial charge in [0.15, 0.2) is 11.5 Å². The lowest BCUT2D eigenvalue weighted by molar-refractivity contribution is -0.139. The van der Waals surface area contributed by atoms with Gasteiger partial charge in [0.25, 0.3) is 0 Å². The lowest BCUT2D eigenvalue weighted by Gasteiger charge is -2.27. The number of nitrogens with one attached hydrogen (secondary N) is 5. The van der Waals surface area contributed by atoms with E-state index in [-0.39, 0.29) is 23.3 Å². The number of hydrogen-bond acceptors (Lipinski definition) is 9. The molecule has 0 saturated carbocycles. The standard InChI is InChI=1S/C33H49N5O8S/c1-45-28-18-25-4-3-5-30(26(25)19-29(28)46-2)47(43,44)38-27(33(41)42)20-36-31(39)21-37-32(40)24(8-6-22-10-14-34-15-11-22)9-7-23-12-16-35-17-13-23/h3-5,18-19,22-24,27,34-35,38H,6-17,20-21H2,1-2H3,(H,36,39)(H,37,40)(H,41,42). The lowest BCUT2D eigenvalue weighted by atomic mass is 9.84. The number of carboxylic acids is 1. The number of piperidine rings is 2. The zero-order valence-corrected chi connectivity index (χ0v) is 28.1. The van der Waals surface area contributed by atoms with Gasteiger partial charge in [-0.1, -0.05) is 12.1 Å². The SMILES string of the molecule is COc1cc2cccc(S(=O)(=O)NC(CNC(=O)CNC(=O)C(CCC3CCNCC3)CCC3CCNCC3)C(=O)O)c2cc1OC. The van der Waals surface area contributed by atoms with Gasteiger partial charge in [-0.3, -0.25) is 14.4 Å². The molecule has 0 radical (unpaired) electrons. The Balaban J connectivity index is 1.33. The van der Waals surface area contributed by atoms with Crippen LogP contribution in [0.3, 0.4) is 0 Å². The van der Waals surface area contributed by atoms with Crippen molar-refractivity contribution in [3.05, 3.63) is 30.3 Å². The third kappa shape index (κ3) is 10.5. The van der Waals surface area contributed by atoms with Crippen LogP contribution in [0.2, 0.25) is 0 Å². The Morgan fingerprint density at radius 1 is 0.894 bits per heavy atom. The van der Waals surface area contributed by atoms with Crippen molar-refractivity contribution < 1.29 is 37.4 Å². The molecular formula is C33H49N5O8S. The number of carbonyl (C=O) groups excluding carboxylic acids is 2. The van der Waals surface area contributed by atoms with E-state index >= 15 is 0 Å². The molecule has 4 rings (SSSR count). The van der Waals surface area contributed by atoms with Crippen molar-refractivity contribution in [3.8, 4) is 11.5 Å². The van der Waals surface area contributed by atoms with Crippen molar-refractivity contribution in [2.75, 3.05) is 53.5 Å². The minimum absolute atomic E-state index is 0.152. The Morgan fingerprint density at radius 3 is 2.02 bits per heavy atom. The van der Waals surface area contributed by atoms with Gasteiger partial charge in [-0.25, -0.2) is 8.42 Å². The van der Waals surface area contributed by atoms with Gasteiger partial charge in [-0.2, -0.15) is 4.72 Å². The van der Waals surface area contributed by atoms with Crippen molar-refractivity contribution in [1.82, 2.24) is 26.0 Å². The summed E-state index contributed by atoms with van der Waals surface area (Å²) in [5.74, 6) is -0.558. The number of carbonyl (C=O) groups is 3. The first-order chi connectivity index (χ1) is 22.6. The van der Waals surface area contributed by atoms with Crippen molar-refractivity contribution in [3.63, 3.8) is 0 Å². The van der Waals surface area contributed by atoms with Crippen LogP contribution in [0.15, 0.2) is 35.2 Å². The number of aliphatic carboxylic acids is 1. The summed E-state index contributed by atoms with van der Waals surface area (Å²) in [4.78, 5) is 37.9. The second-order valence-electron chi connectivity index (χ2n) is 12.5. The molecule has 0 spiro atoms. The molecule has 2 amide bonds. The summed E-state index contributed by atoms with van der Waals surface area (Å²) in [5, 5.41) is 22.6. The highest BCUT2D eigenvalue weighted by molar-refractivity contribution is 7.89. The Bertz CT molecular complexity index is 1450. The number of sulfonamides is 1. The minimum Gasteiger partial charge on any atom is -0.493 e. The molecular weight excluding hydrogens is 626 g/mol. The summed E-state index contributed by atoms with van der Waals surface area (Å²) in [6, 6.07) is 6.07. The summed E-state index contributed by atoms with van der Waals surface area (Å²) in [5.41, 5.74) is 0. The van der Waals surface area contributed by atoms with E-state index in [1.165, 1.54) is 32.4 Å². The molecule has 1 atom stereocenters. The summed E-state index contributed by atoms with van der Waals surface area (Å²) >= 11 is 0. The molecule has 260 valence electrons. The average Bonchev–Trinajstić information content (AvgIpc) is 3.08. The van der Waals surface area contributed by atoms with Crippen LogP contribution < -0.4 is 35.5 Å². The molecule has 2 aromatic carbocycles. The summed E-state index contributed by atoms with van der Waals surface area (Å²) < 4.78 is 39.6. The molecule has 2 aliphatic rings. The fourth-order valence-corrected chi connectivity index (χ4v) is 7.86. The first-order valence-corrected chi connectivity index (χ1v) is 17.9. The van der Waals surface area contributed by atoms with E-state index in [0.717, 1.165) is 77.5 Å². The van der Waals surface area contributed by atoms with Crippen molar-refractivity contribution in [2.45, 2.75) is 62.3 Å². The van der Waals surface area contributed by atoms with Crippen molar-refractivity contribution in [2.24, 2.45) is 17.8 Å². The van der Waals surface area contributed by atoms with E-state index < -0.39 is 34.5 Å². The number of methoxy groups -OCH3 is 2. The van der Waals surface area contributed by atoms with Crippen LogP contribution in [0.1, 0.15) is 51.4 Å². The fourth-order valence-electron chi connectivity index (χ4n) is 6.45. The van der Waals surface area contributed by atoms with E-state index in [4.69, 9.17) is 9.47 Å². The first-order valence-electron chi connectivity index (χ1n) is 16.5. The molecule has 2 aliphatic heterocycles. The highest BCUT2D eigenvalue weighted by Crippen LogP contribution is 2.35. The van der Waals surface area contributed by atoms with Crippen LogP contribution >= 0.6 is 0 Å². The van der Waals surface area contributed by atoms with Gasteiger partial charge in [0.1, 0.15) is 6.04 Å². The number of hydrogen-bond donors (Lipinski definition) is 6. The largest absolute Gasteiger partial charge is 0.493 e. The molecule has 6 N–H and O–H groups in total.